The van der Waals surface area contributed by atoms with E-state index in [2.05, 4.69) is 26.0 Å². The topological polar surface area (TPSA) is 73.9 Å². The monoisotopic (exact) mass is 413 g/mol. The minimum Gasteiger partial charge on any atom is -0.488 e. The molecule has 1 rings (SSSR count). The Hall–Kier alpha value is -2.02. The predicted octanol–water partition coefficient (Wildman–Crippen LogP) is 3.84. The van der Waals surface area contributed by atoms with Gasteiger partial charge in [-0.25, -0.2) is 9.59 Å². The van der Waals surface area contributed by atoms with E-state index in [1.54, 1.807) is 33.8 Å². The van der Waals surface area contributed by atoms with Gasteiger partial charge in [0.2, 0.25) is 0 Å². The molecule has 0 saturated carbocycles. The Balaban J connectivity index is 2.86. The first-order valence-electron chi connectivity index (χ1n) is 7.78. The molecule has 0 radical (unpaired) electrons. The highest BCUT2D eigenvalue weighted by molar-refractivity contribution is 9.10. The minimum atomic E-state index is -0.630. The second-order valence-electron chi connectivity index (χ2n) is 6.33. The van der Waals surface area contributed by atoms with Gasteiger partial charge < -0.3 is 19.5 Å². The van der Waals surface area contributed by atoms with Crippen molar-refractivity contribution < 1.29 is 23.8 Å². The van der Waals surface area contributed by atoms with Crippen molar-refractivity contribution in [3.05, 3.63) is 40.9 Å². The quantitative estimate of drug-likeness (QED) is 0.566. The summed E-state index contributed by atoms with van der Waals surface area (Å²) in [6, 6.07) is 6.74. The van der Waals surface area contributed by atoms with Crippen LogP contribution in [0, 0.1) is 0 Å². The molecule has 0 heterocycles. The van der Waals surface area contributed by atoms with Gasteiger partial charge in [-0.05, 0) is 45.9 Å². The normalized spacial score (nSPS) is 13.8. The summed E-state index contributed by atoms with van der Waals surface area (Å²) in [7, 11) is 1.28. The summed E-state index contributed by atoms with van der Waals surface area (Å²) in [5, 5.41) is 2.70. The van der Waals surface area contributed by atoms with Crippen molar-refractivity contribution in [3.8, 4) is 5.75 Å². The first-order valence-corrected chi connectivity index (χ1v) is 8.58. The average molecular weight is 414 g/mol. The maximum atomic E-state index is 12.0. The Morgan fingerprint density at radius 2 is 1.96 bits per heavy atom. The number of hydrogen-bond donors (Lipinski definition) is 1. The molecule has 7 heteroatoms. The Morgan fingerprint density at radius 3 is 2.52 bits per heavy atom. The lowest BCUT2D eigenvalue weighted by molar-refractivity contribution is -0.134. The summed E-state index contributed by atoms with van der Waals surface area (Å²) < 4.78 is 16.6. The van der Waals surface area contributed by atoms with Crippen molar-refractivity contribution >= 4 is 28.0 Å². The molecule has 138 valence electrons. The Kier molecular flexibility index (Phi) is 7.96. The molecule has 1 aromatic rings. The van der Waals surface area contributed by atoms with Crippen LogP contribution in [0.5, 0.6) is 5.75 Å². The molecule has 25 heavy (non-hydrogen) atoms. The minimum absolute atomic E-state index is 0.456. The van der Waals surface area contributed by atoms with E-state index in [4.69, 9.17) is 9.47 Å². The number of carbonyl (C=O) groups is 2. The van der Waals surface area contributed by atoms with Gasteiger partial charge in [-0.2, -0.15) is 0 Å². The second kappa shape index (κ2) is 9.46. The smallest absolute Gasteiger partial charge is 0.408 e. The third kappa shape index (κ3) is 8.58. The zero-order chi connectivity index (χ0) is 19.0. The number of alkyl carbamates (subject to hydrolysis) is 1. The van der Waals surface area contributed by atoms with Crippen LogP contribution in [0.1, 0.15) is 27.7 Å². The molecule has 1 aromatic carbocycles. The summed E-state index contributed by atoms with van der Waals surface area (Å²) in [5.74, 6) is 0.106. The van der Waals surface area contributed by atoms with Crippen molar-refractivity contribution in [3.63, 3.8) is 0 Å². The third-order valence-corrected chi connectivity index (χ3v) is 3.44. The van der Waals surface area contributed by atoms with Crippen LogP contribution in [0.2, 0.25) is 0 Å². The van der Waals surface area contributed by atoms with Gasteiger partial charge in [-0.15, -0.1) is 0 Å². The fraction of sp³-hybridized carbons (Fsp3) is 0.444. The van der Waals surface area contributed by atoms with E-state index in [1.807, 2.05) is 18.2 Å². The maximum Gasteiger partial charge on any atom is 0.408 e. The average Bonchev–Trinajstić information content (AvgIpc) is 2.49. The van der Waals surface area contributed by atoms with Crippen molar-refractivity contribution in [1.82, 2.24) is 5.32 Å². The van der Waals surface area contributed by atoms with Gasteiger partial charge in [0.1, 0.15) is 17.5 Å². The van der Waals surface area contributed by atoms with E-state index in [0.29, 0.717) is 5.75 Å². The zero-order valence-electron chi connectivity index (χ0n) is 15.0. The molecule has 1 amide bonds. The van der Waals surface area contributed by atoms with Gasteiger partial charge >= 0.3 is 12.1 Å². The van der Waals surface area contributed by atoms with Crippen LogP contribution in [-0.4, -0.2) is 36.9 Å². The number of methoxy groups -OCH3 is 1. The molecule has 0 fully saturated rings. The molecule has 0 aliphatic heterocycles. The SMILES string of the molecule is COC(=O)/C=C/[C@H](NC(=O)OC(C)(C)C)[C@@H](C)Oc1cccc(Br)c1. The molecular formula is C18H24BrNO5. The summed E-state index contributed by atoms with van der Waals surface area (Å²) >= 11 is 3.38. The van der Waals surface area contributed by atoms with E-state index >= 15 is 0 Å². The molecule has 0 spiro atoms. The number of amides is 1. The molecule has 0 aliphatic rings. The number of benzene rings is 1. The van der Waals surface area contributed by atoms with Gasteiger partial charge in [-0.3, -0.25) is 0 Å². The predicted molar refractivity (Wildman–Crippen MR) is 98.5 cm³/mol. The van der Waals surface area contributed by atoms with Crippen molar-refractivity contribution in [2.24, 2.45) is 0 Å². The highest BCUT2D eigenvalue weighted by Gasteiger charge is 2.23. The highest BCUT2D eigenvalue weighted by Crippen LogP contribution is 2.20. The molecule has 6 nitrogen and oxygen atoms in total. The first kappa shape index (κ1) is 21.0. The summed E-state index contributed by atoms with van der Waals surface area (Å²) in [4.78, 5) is 23.4. The van der Waals surface area contributed by atoms with Crippen LogP contribution in [0.15, 0.2) is 40.9 Å². The molecule has 0 saturated heterocycles. The van der Waals surface area contributed by atoms with E-state index in [-0.39, 0.29) is 0 Å². The molecule has 1 N–H and O–H groups in total. The van der Waals surface area contributed by atoms with Crippen molar-refractivity contribution in [2.75, 3.05) is 7.11 Å². The van der Waals surface area contributed by atoms with Gasteiger partial charge in [0, 0.05) is 10.5 Å². The van der Waals surface area contributed by atoms with Gasteiger partial charge in [0.25, 0.3) is 0 Å². The molecule has 0 bridgehead atoms. The Bertz CT molecular complexity index is 624. The largest absolute Gasteiger partial charge is 0.488 e. The lowest BCUT2D eigenvalue weighted by atomic mass is 10.1. The van der Waals surface area contributed by atoms with Gasteiger partial charge in [0.15, 0.2) is 0 Å². The summed E-state index contributed by atoms with van der Waals surface area (Å²) in [5.41, 5.74) is -0.630. The van der Waals surface area contributed by atoms with Crippen LogP contribution in [-0.2, 0) is 14.3 Å². The molecular weight excluding hydrogens is 390 g/mol. The van der Waals surface area contributed by atoms with Crippen LogP contribution in [0.3, 0.4) is 0 Å². The number of ether oxygens (including phenoxy) is 3. The van der Waals surface area contributed by atoms with E-state index in [0.717, 1.165) is 4.47 Å². The standard InChI is InChI=1S/C18H24BrNO5/c1-12(24-14-8-6-7-13(19)11-14)15(9-10-16(21)23-5)20-17(22)25-18(2,3)4/h6-12,15H,1-5H3,(H,20,22)/b10-9+/t12-,15+/m1/s1. The van der Waals surface area contributed by atoms with Crippen LogP contribution < -0.4 is 10.1 Å². The van der Waals surface area contributed by atoms with E-state index < -0.39 is 29.8 Å². The fourth-order valence-electron chi connectivity index (χ4n) is 1.84. The van der Waals surface area contributed by atoms with Gasteiger partial charge in [-0.1, -0.05) is 28.1 Å². The van der Waals surface area contributed by atoms with E-state index in [1.165, 1.54) is 19.3 Å². The lowest BCUT2D eigenvalue weighted by Gasteiger charge is -2.26. The van der Waals surface area contributed by atoms with Crippen LogP contribution in [0.25, 0.3) is 0 Å². The lowest BCUT2D eigenvalue weighted by Crippen LogP contribution is -2.45. The molecule has 2 atom stereocenters. The van der Waals surface area contributed by atoms with Crippen LogP contribution in [0.4, 0.5) is 4.79 Å². The van der Waals surface area contributed by atoms with Crippen molar-refractivity contribution in [1.29, 1.82) is 0 Å². The summed E-state index contributed by atoms with van der Waals surface area (Å²) in [6.45, 7) is 7.10. The Labute approximate surface area is 156 Å². The zero-order valence-corrected chi connectivity index (χ0v) is 16.6. The maximum absolute atomic E-state index is 12.0. The number of halogens is 1. The van der Waals surface area contributed by atoms with Gasteiger partial charge in [0.05, 0.1) is 13.2 Å². The first-order chi connectivity index (χ1) is 11.6. The number of nitrogens with one attached hydrogen (secondary N) is 1. The second-order valence-corrected chi connectivity index (χ2v) is 7.25. The highest BCUT2D eigenvalue weighted by atomic mass is 79.9. The number of carbonyl (C=O) groups excluding carboxylic acids is 2. The molecule has 0 aromatic heterocycles. The molecule has 0 unspecified atom stereocenters. The number of rotatable bonds is 6. The van der Waals surface area contributed by atoms with E-state index in [9.17, 15) is 9.59 Å². The third-order valence-electron chi connectivity index (χ3n) is 2.95. The summed E-state index contributed by atoms with van der Waals surface area (Å²) in [6.07, 6.45) is 1.70. The van der Waals surface area contributed by atoms with Crippen molar-refractivity contribution in [2.45, 2.75) is 45.4 Å². The number of hydrogen-bond acceptors (Lipinski definition) is 5. The Morgan fingerprint density at radius 1 is 1.28 bits per heavy atom. The van der Waals surface area contributed by atoms with Crippen LogP contribution >= 0.6 is 15.9 Å². The molecule has 0 aliphatic carbocycles. The number of esters is 1. The fourth-order valence-corrected chi connectivity index (χ4v) is 2.22.